The van der Waals surface area contributed by atoms with Crippen molar-refractivity contribution in [3.8, 4) is 5.75 Å². The summed E-state index contributed by atoms with van der Waals surface area (Å²) in [4.78, 5) is 12.6. The maximum Gasteiger partial charge on any atom is 0.265 e. The number of carbonyl (C=O) groups excluding carboxylic acids is 1. The number of carbonyl (C=O) groups is 1. The van der Waals surface area contributed by atoms with Crippen LogP contribution < -0.4 is 10.1 Å². The Bertz CT molecular complexity index is 750. The van der Waals surface area contributed by atoms with Gasteiger partial charge in [-0.25, -0.2) is 0 Å². The van der Waals surface area contributed by atoms with E-state index in [9.17, 15) is 4.79 Å². The van der Waals surface area contributed by atoms with Gasteiger partial charge in [-0.1, -0.05) is 31.2 Å². The van der Waals surface area contributed by atoms with E-state index in [0.717, 1.165) is 40.1 Å². The molecule has 0 aromatic heterocycles. The van der Waals surface area contributed by atoms with Crippen LogP contribution in [0.4, 0.5) is 5.69 Å². The van der Waals surface area contributed by atoms with Crippen LogP contribution in [0.15, 0.2) is 30.3 Å². The van der Waals surface area contributed by atoms with Crippen LogP contribution in [0.25, 0.3) is 0 Å². The molecule has 0 radical (unpaired) electrons. The molecule has 0 heterocycles. The van der Waals surface area contributed by atoms with Crippen molar-refractivity contribution in [1.82, 2.24) is 0 Å². The second-order valence-corrected chi connectivity index (χ2v) is 6.42. The van der Waals surface area contributed by atoms with E-state index in [1.54, 1.807) is 6.92 Å². The van der Waals surface area contributed by atoms with E-state index in [0.29, 0.717) is 0 Å². The molecule has 2 aromatic carbocycles. The number of hydrogen-bond acceptors (Lipinski definition) is 2. The van der Waals surface area contributed by atoms with Gasteiger partial charge in [-0.15, -0.1) is 0 Å². The van der Waals surface area contributed by atoms with Gasteiger partial charge >= 0.3 is 0 Å². The van der Waals surface area contributed by atoms with E-state index in [2.05, 4.69) is 25.2 Å². The molecule has 0 fully saturated rings. The highest BCUT2D eigenvalue weighted by atomic mass is 16.5. The smallest absolute Gasteiger partial charge is 0.265 e. The fraction of sp³-hybridized carbons (Fsp3) is 0.381. The molecule has 0 aliphatic heterocycles. The molecule has 0 aliphatic carbocycles. The molecule has 3 heteroatoms. The van der Waals surface area contributed by atoms with Crippen molar-refractivity contribution in [2.45, 2.75) is 54.1 Å². The largest absolute Gasteiger partial charge is 0.481 e. The number of para-hydroxylation sites is 1. The normalized spacial score (nSPS) is 11.9. The Kier molecular flexibility index (Phi) is 5.66. The number of benzene rings is 2. The van der Waals surface area contributed by atoms with Crippen LogP contribution in [0.1, 0.15) is 41.7 Å². The second kappa shape index (κ2) is 7.52. The highest BCUT2D eigenvalue weighted by Crippen LogP contribution is 2.25. The second-order valence-electron chi connectivity index (χ2n) is 6.42. The van der Waals surface area contributed by atoms with Crippen LogP contribution in [-0.2, 0) is 11.2 Å². The van der Waals surface area contributed by atoms with Crippen LogP contribution in [0.2, 0.25) is 0 Å². The lowest BCUT2D eigenvalue weighted by Crippen LogP contribution is -2.31. The SMILES string of the molecule is CCc1cccc(C)c1NC(=O)[C@@H](C)Oc1cc(C)cc(C)c1C. The molecule has 0 saturated heterocycles. The van der Waals surface area contributed by atoms with E-state index in [1.807, 2.05) is 45.0 Å². The zero-order valence-electron chi connectivity index (χ0n) is 15.5. The minimum atomic E-state index is -0.561. The number of hydrogen-bond donors (Lipinski definition) is 1. The molecule has 0 unspecified atom stereocenters. The van der Waals surface area contributed by atoms with Gasteiger partial charge in [0.05, 0.1) is 0 Å². The van der Waals surface area contributed by atoms with Gasteiger partial charge in [-0.3, -0.25) is 4.79 Å². The molecular formula is C21H27NO2. The summed E-state index contributed by atoms with van der Waals surface area (Å²) in [5.41, 5.74) is 6.48. The summed E-state index contributed by atoms with van der Waals surface area (Å²) >= 11 is 0. The molecule has 0 bridgehead atoms. The maximum atomic E-state index is 12.6. The summed E-state index contributed by atoms with van der Waals surface area (Å²) in [5, 5.41) is 3.03. The molecule has 1 atom stereocenters. The van der Waals surface area contributed by atoms with Crippen LogP contribution in [0.5, 0.6) is 5.75 Å². The van der Waals surface area contributed by atoms with Gasteiger partial charge in [-0.2, -0.15) is 0 Å². The molecule has 0 aliphatic rings. The summed E-state index contributed by atoms with van der Waals surface area (Å²) in [5.74, 6) is 0.646. The molecule has 128 valence electrons. The van der Waals surface area contributed by atoms with Crippen molar-refractivity contribution >= 4 is 11.6 Å². The minimum absolute atomic E-state index is 0.127. The molecule has 1 amide bonds. The zero-order valence-corrected chi connectivity index (χ0v) is 15.5. The Labute approximate surface area is 145 Å². The molecule has 3 nitrogen and oxygen atoms in total. The molecule has 0 saturated carbocycles. The van der Waals surface area contributed by atoms with E-state index >= 15 is 0 Å². The molecule has 2 aromatic rings. The van der Waals surface area contributed by atoms with Crippen molar-refractivity contribution in [2.24, 2.45) is 0 Å². The molecule has 24 heavy (non-hydrogen) atoms. The molecular weight excluding hydrogens is 298 g/mol. The van der Waals surface area contributed by atoms with Crippen molar-refractivity contribution < 1.29 is 9.53 Å². The van der Waals surface area contributed by atoms with Crippen molar-refractivity contribution in [3.63, 3.8) is 0 Å². The van der Waals surface area contributed by atoms with Crippen LogP contribution in [0, 0.1) is 27.7 Å². The Hall–Kier alpha value is -2.29. The lowest BCUT2D eigenvalue weighted by atomic mass is 10.1. The summed E-state index contributed by atoms with van der Waals surface area (Å²) in [6.07, 6.45) is 0.317. The van der Waals surface area contributed by atoms with Gasteiger partial charge in [-0.05, 0) is 74.9 Å². The van der Waals surface area contributed by atoms with Crippen LogP contribution in [0.3, 0.4) is 0 Å². The average molecular weight is 325 g/mol. The van der Waals surface area contributed by atoms with Crippen LogP contribution >= 0.6 is 0 Å². The quantitative estimate of drug-likeness (QED) is 0.850. The fourth-order valence-electron chi connectivity index (χ4n) is 2.79. The average Bonchev–Trinajstić information content (AvgIpc) is 2.53. The van der Waals surface area contributed by atoms with Crippen molar-refractivity contribution in [3.05, 3.63) is 58.1 Å². The van der Waals surface area contributed by atoms with E-state index in [1.165, 1.54) is 5.56 Å². The number of anilines is 1. The van der Waals surface area contributed by atoms with Gasteiger partial charge in [0.2, 0.25) is 0 Å². The number of rotatable bonds is 5. The Morgan fingerprint density at radius 3 is 2.50 bits per heavy atom. The van der Waals surface area contributed by atoms with Crippen molar-refractivity contribution in [2.75, 3.05) is 5.32 Å². The summed E-state index contributed by atoms with van der Waals surface area (Å²) in [6, 6.07) is 10.2. The first kappa shape index (κ1) is 18.1. The first-order chi connectivity index (χ1) is 11.3. The third-order valence-electron chi connectivity index (χ3n) is 4.43. The maximum absolute atomic E-state index is 12.6. The highest BCUT2D eigenvalue weighted by Gasteiger charge is 2.18. The molecule has 0 spiro atoms. The van der Waals surface area contributed by atoms with Crippen LogP contribution in [-0.4, -0.2) is 12.0 Å². The highest BCUT2D eigenvalue weighted by molar-refractivity contribution is 5.95. The number of aryl methyl sites for hydroxylation is 4. The summed E-state index contributed by atoms with van der Waals surface area (Å²) in [6.45, 7) is 12.0. The molecule has 1 N–H and O–H groups in total. The monoisotopic (exact) mass is 325 g/mol. The lowest BCUT2D eigenvalue weighted by Gasteiger charge is -2.19. The van der Waals surface area contributed by atoms with Gasteiger partial charge in [0.1, 0.15) is 5.75 Å². The number of amides is 1. The lowest BCUT2D eigenvalue weighted by molar-refractivity contribution is -0.122. The fourth-order valence-corrected chi connectivity index (χ4v) is 2.79. The third kappa shape index (κ3) is 3.97. The van der Waals surface area contributed by atoms with Crippen molar-refractivity contribution in [1.29, 1.82) is 0 Å². The van der Waals surface area contributed by atoms with Gasteiger partial charge < -0.3 is 10.1 Å². The summed E-state index contributed by atoms with van der Waals surface area (Å²) in [7, 11) is 0. The standard InChI is InChI=1S/C21H27NO2/c1-7-18-10-8-9-14(3)20(18)22-21(23)17(6)24-19-12-13(2)11-15(4)16(19)5/h8-12,17H,7H2,1-6H3,(H,22,23)/t17-/m1/s1. The molecule has 2 rings (SSSR count). The third-order valence-corrected chi connectivity index (χ3v) is 4.43. The van der Waals surface area contributed by atoms with E-state index in [4.69, 9.17) is 4.74 Å². The van der Waals surface area contributed by atoms with E-state index < -0.39 is 6.10 Å². The van der Waals surface area contributed by atoms with Gasteiger partial charge in [0, 0.05) is 5.69 Å². The first-order valence-electron chi connectivity index (χ1n) is 8.47. The topological polar surface area (TPSA) is 38.3 Å². The summed E-state index contributed by atoms with van der Waals surface area (Å²) < 4.78 is 5.94. The minimum Gasteiger partial charge on any atom is -0.481 e. The van der Waals surface area contributed by atoms with E-state index in [-0.39, 0.29) is 5.91 Å². The Balaban J connectivity index is 2.17. The zero-order chi connectivity index (χ0) is 17.9. The Morgan fingerprint density at radius 1 is 1.12 bits per heavy atom. The predicted molar refractivity (Wildman–Crippen MR) is 99.9 cm³/mol. The van der Waals surface area contributed by atoms with Gasteiger partial charge in [0.25, 0.3) is 5.91 Å². The number of nitrogens with one attached hydrogen (secondary N) is 1. The predicted octanol–water partition coefficient (Wildman–Crippen LogP) is 4.89. The first-order valence-corrected chi connectivity index (χ1v) is 8.47. The van der Waals surface area contributed by atoms with Gasteiger partial charge in [0.15, 0.2) is 6.10 Å². The number of ether oxygens (including phenoxy) is 1. The Morgan fingerprint density at radius 2 is 1.83 bits per heavy atom.